The second-order valence-corrected chi connectivity index (χ2v) is 9.01. The van der Waals surface area contributed by atoms with Crippen molar-refractivity contribution in [1.29, 1.82) is 0 Å². The molecule has 0 spiro atoms. The van der Waals surface area contributed by atoms with E-state index in [9.17, 15) is 18.7 Å². The lowest BCUT2D eigenvalue weighted by atomic mass is 9.75. The molecule has 0 saturated carbocycles. The Bertz CT molecular complexity index is 1080. The first-order chi connectivity index (χ1) is 16.2. The first-order valence-corrected chi connectivity index (χ1v) is 11.3. The molecular weight excluding hydrogens is 518 g/mol. The fourth-order valence-electron chi connectivity index (χ4n) is 4.16. The summed E-state index contributed by atoms with van der Waals surface area (Å²) in [7, 11) is 0. The molecule has 2 aliphatic rings. The van der Waals surface area contributed by atoms with Crippen molar-refractivity contribution >= 4 is 35.8 Å². The molecule has 2 heterocycles. The molecule has 34 heavy (non-hydrogen) atoms. The first-order valence-electron chi connectivity index (χ1n) is 10.0. The number of rotatable bonds is 5. The predicted octanol–water partition coefficient (Wildman–Crippen LogP) is 6.22. The number of thiol groups is 1. The molecule has 6 atom stereocenters. The van der Waals surface area contributed by atoms with Gasteiger partial charge in [-0.2, -0.15) is 13.2 Å². The van der Waals surface area contributed by atoms with Gasteiger partial charge in [-0.25, -0.2) is 0 Å². The molecule has 13 heteroatoms. The van der Waals surface area contributed by atoms with Crippen molar-refractivity contribution in [3.63, 3.8) is 0 Å². The quantitative estimate of drug-likeness (QED) is 0.213. The van der Waals surface area contributed by atoms with Crippen LogP contribution in [0.5, 0.6) is 0 Å². The molecule has 182 valence electrons. The number of hydrogen-bond acceptors (Lipinski definition) is 6. The van der Waals surface area contributed by atoms with Crippen LogP contribution in [0, 0.1) is 0 Å². The maximum atomic E-state index is 13.1. The molecular formula is C21H18Cl2F3N3O4S. The van der Waals surface area contributed by atoms with E-state index in [2.05, 4.69) is 22.7 Å². The number of nitrogens with zero attached hydrogens (tertiary/aromatic N) is 3. The van der Waals surface area contributed by atoms with E-state index in [1.807, 2.05) is 6.07 Å². The van der Waals surface area contributed by atoms with E-state index in [4.69, 9.17) is 42.1 Å². The Morgan fingerprint density at radius 1 is 1.15 bits per heavy atom. The van der Waals surface area contributed by atoms with Crippen molar-refractivity contribution < 1.29 is 32.1 Å². The van der Waals surface area contributed by atoms with Crippen LogP contribution >= 0.6 is 35.8 Å². The van der Waals surface area contributed by atoms with Crippen LogP contribution in [0.2, 0.25) is 10.0 Å². The van der Waals surface area contributed by atoms with Crippen molar-refractivity contribution in [1.82, 2.24) is 0 Å². The monoisotopic (exact) mass is 535 g/mol. The molecule has 4 rings (SSSR count). The lowest BCUT2D eigenvalue weighted by Crippen LogP contribution is -2.66. The zero-order valence-corrected chi connectivity index (χ0v) is 19.6. The molecule has 0 radical (unpaired) electrons. The van der Waals surface area contributed by atoms with E-state index in [1.54, 1.807) is 24.3 Å². The third kappa shape index (κ3) is 4.98. The third-order valence-electron chi connectivity index (χ3n) is 5.55. The van der Waals surface area contributed by atoms with Crippen molar-refractivity contribution in [3.05, 3.63) is 80.1 Å². The first kappa shape index (κ1) is 25.4. The Balaban J connectivity index is 1.85. The van der Waals surface area contributed by atoms with Gasteiger partial charge in [0.15, 0.2) is 6.29 Å². The normalized spacial score (nSPS) is 31.4. The van der Waals surface area contributed by atoms with Gasteiger partial charge in [-0.05, 0) is 23.2 Å². The molecule has 2 aromatic carbocycles. The fraction of sp³-hybridized carbons (Fsp3) is 0.429. The van der Waals surface area contributed by atoms with Crippen LogP contribution in [0.1, 0.15) is 17.4 Å². The van der Waals surface area contributed by atoms with Crippen molar-refractivity contribution in [3.8, 4) is 0 Å². The van der Waals surface area contributed by atoms with Crippen molar-refractivity contribution in [2.45, 2.75) is 41.8 Å². The molecule has 0 N–H and O–H groups in total. The number of ether oxygens (including phenoxy) is 4. The summed E-state index contributed by atoms with van der Waals surface area (Å²) in [4.78, 5) is 2.96. The van der Waals surface area contributed by atoms with Crippen LogP contribution in [0.4, 0.5) is 13.2 Å². The zero-order chi connectivity index (χ0) is 24.5. The van der Waals surface area contributed by atoms with Gasteiger partial charge in [0.2, 0.25) is 0 Å². The lowest BCUT2D eigenvalue weighted by molar-refractivity contribution is -0.324. The third-order valence-corrected chi connectivity index (χ3v) is 6.68. The minimum absolute atomic E-state index is 0.00268. The van der Waals surface area contributed by atoms with Gasteiger partial charge in [-0.15, -0.1) is 12.6 Å². The minimum atomic E-state index is -4.66. The van der Waals surface area contributed by atoms with Gasteiger partial charge in [-0.1, -0.05) is 64.7 Å². The molecule has 0 aliphatic carbocycles. The van der Waals surface area contributed by atoms with Gasteiger partial charge in [-0.3, -0.25) is 0 Å². The van der Waals surface area contributed by atoms with Crippen LogP contribution in [0.15, 0.2) is 53.6 Å². The highest BCUT2D eigenvalue weighted by atomic mass is 35.5. The van der Waals surface area contributed by atoms with Gasteiger partial charge in [0.25, 0.3) is 0 Å². The number of benzene rings is 2. The average molecular weight is 536 g/mol. The highest BCUT2D eigenvalue weighted by Gasteiger charge is 2.61. The molecule has 0 aromatic heterocycles. The molecule has 2 saturated heterocycles. The summed E-state index contributed by atoms with van der Waals surface area (Å²) in [5, 5.41) is 4.29. The summed E-state index contributed by atoms with van der Waals surface area (Å²) in [6, 6.07) is 13.2. The average Bonchev–Trinajstić information content (AvgIpc) is 2.80. The van der Waals surface area contributed by atoms with E-state index < -0.39 is 48.4 Å². The van der Waals surface area contributed by atoms with Gasteiger partial charge in [0.1, 0.15) is 35.9 Å². The van der Waals surface area contributed by atoms with E-state index in [0.717, 1.165) is 0 Å². The van der Waals surface area contributed by atoms with Gasteiger partial charge in [0, 0.05) is 10.5 Å². The molecule has 2 aliphatic heterocycles. The number of hydrogen-bond donors (Lipinski definition) is 1. The van der Waals surface area contributed by atoms with Crippen LogP contribution in [0.25, 0.3) is 10.4 Å². The Hall–Kier alpha value is -1.69. The summed E-state index contributed by atoms with van der Waals surface area (Å²) in [5.74, 6) is 0. The fourth-order valence-corrected chi connectivity index (χ4v) is 4.92. The number of fused-ring (bicyclic) bond motifs is 1. The number of halogens is 5. The summed E-state index contributed by atoms with van der Waals surface area (Å²) < 4.78 is 62.4. The topological polar surface area (TPSA) is 85.7 Å². The molecule has 2 unspecified atom stereocenters. The number of alkyl halides is 3. The van der Waals surface area contributed by atoms with E-state index in [-0.39, 0.29) is 22.2 Å². The summed E-state index contributed by atoms with van der Waals surface area (Å²) in [6.45, 7) is -1.63. The molecule has 2 fully saturated rings. The molecule has 0 bridgehead atoms. The van der Waals surface area contributed by atoms with Gasteiger partial charge < -0.3 is 18.9 Å². The highest BCUT2D eigenvalue weighted by Crippen LogP contribution is 2.50. The molecule has 2 aromatic rings. The maximum Gasteiger partial charge on any atom is 0.411 e. The minimum Gasteiger partial charge on any atom is -0.364 e. The van der Waals surface area contributed by atoms with Crippen LogP contribution in [-0.2, 0) is 24.5 Å². The highest BCUT2D eigenvalue weighted by molar-refractivity contribution is 7.80. The van der Waals surface area contributed by atoms with E-state index in [1.165, 1.54) is 18.2 Å². The maximum absolute atomic E-state index is 13.1. The Morgan fingerprint density at radius 3 is 2.53 bits per heavy atom. The van der Waals surface area contributed by atoms with Crippen LogP contribution in [0.3, 0.4) is 0 Å². The standard InChI is InChI=1S/C21H18Cl2F3N3O4S/c22-13-7-6-12(8-14(13)23)21(28-29-27)16-15(32-19(34)17(21)31-10-20(24,25)26)9-30-18(33-16)11-4-2-1-3-5-11/h1-8,15-19,34H,9-10H2/t15-,16+,17+,18?,19-,21?/m1/s1. The Morgan fingerprint density at radius 2 is 1.88 bits per heavy atom. The van der Waals surface area contributed by atoms with Gasteiger partial charge in [0.05, 0.1) is 16.7 Å². The Kier molecular flexibility index (Phi) is 7.56. The smallest absolute Gasteiger partial charge is 0.364 e. The predicted molar refractivity (Wildman–Crippen MR) is 121 cm³/mol. The van der Waals surface area contributed by atoms with E-state index >= 15 is 0 Å². The van der Waals surface area contributed by atoms with Gasteiger partial charge >= 0.3 is 6.18 Å². The Labute approximate surface area is 208 Å². The SMILES string of the molecule is [N-]=[N+]=NC1(c2ccc(Cl)c(Cl)c2)[C@@H](OCC(F)(F)F)[C@@H](S)O[C@@H]2COC(c3ccccc3)O[C@@H]21. The largest absolute Gasteiger partial charge is 0.411 e. The van der Waals surface area contributed by atoms with Crippen molar-refractivity contribution in [2.24, 2.45) is 5.11 Å². The molecule has 0 amide bonds. The zero-order valence-electron chi connectivity index (χ0n) is 17.2. The second-order valence-electron chi connectivity index (χ2n) is 7.69. The molecule has 7 nitrogen and oxygen atoms in total. The summed E-state index contributed by atoms with van der Waals surface area (Å²) in [5.41, 5.74) is 7.37. The summed E-state index contributed by atoms with van der Waals surface area (Å²) >= 11 is 16.6. The lowest BCUT2D eigenvalue weighted by Gasteiger charge is -2.54. The summed E-state index contributed by atoms with van der Waals surface area (Å²) in [6.07, 6.45) is -9.01. The number of azide groups is 1. The van der Waals surface area contributed by atoms with E-state index in [0.29, 0.717) is 5.56 Å². The van der Waals surface area contributed by atoms with Crippen LogP contribution in [-0.4, -0.2) is 43.1 Å². The second kappa shape index (κ2) is 10.1. The van der Waals surface area contributed by atoms with Crippen LogP contribution < -0.4 is 0 Å². The van der Waals surface area contributed by atoms with Crippen molar-refractivity contribution in [2.75, 3.05) is 13.2 Å².